The van der Waals surface area contributed by atoms with Crippen molar-refractivity contribution in [2.45, 2.75) is 32.9 Å². The number of imidazole rings is 1. The predicted octanol–water partition coefficient (Wildman–Crippen LogP) is 2.59. The number of aromatic amines is 1. The van der Waals surface area contributed by atoms with Crippen LogP contribution in [-0.4, -0.2) is 21.7 Å². The molecule has 0 unspecified atom stereocenters. The number of hydrogen-bond acceptors (Lipinski definition) is 3. The van der Waals surface area contributed by atoms with Crippen LogP contribution in [0.1, 0.15) is 26.3 Å². The van der Waals surface area contributed by atoms with Gasteiger partial charge in [0, 0.05) is 6.54 Å². The van der Waals surface area contributed by atoms with E-state index in [2.05, 4.69) is 15.3 Å². The SMILES string of the molecule is CC(C)(C)OC(=O)NCc1ccc2nc[nH]c2c1. The summed E-state index contributed by atoms with van der Waals surface area (Å²) in [6, 6.07) is 5.80. The molecule has 0 aliphatic rings. The van der Waals surface area contributed by atoms with Crippen LogP contribution in [0.2, 0.25) is 0 Å². The minimum atomic E-state index is -0.475. The quantitative estimate of drug-likeness (QED) is 0.857. The maximum Gasteiger partial charge on any atom is 0.407 e. The summed E-state index contributed by atoms with van der Waals surface area (Å²) in [4.78, 5) is 18.7. The van der Waals surface area contributed by atoms with E-state index < -0.39 is 11.7 Å². The molecule has 0 radical (unpaired) electrons. The average molecular weight is 247 g/mol. The molecule has 0 saturated heterocycles. The Morgan fingerprint density at radius 3 is 2.94 bits per heavy atom. The van der Waals surface area contributed by atoms with Crippen molar-refractivity contribution >= 4 is 17.1 Å². The Labute approximate surface area is 106 Å². The fraction of sp³-hybridized carbons (Fsp3) is 0.385. The third-order valence-corrected chi connectivity index (χ3v) is 2.32. The lowest BCUT2D eigenvalue weighted by Crippen LogP contribution is -2.32. The van der Waals surface area contributed by atoms with Gasteiger partial charge in [-0.15, -0.1) is 0 Å². The number of carbonyl (C=O) groups excluding carboxylic acids is 1. The fourth-order valence-corrected chi connectivity index (χ4v) is 1.58. The van der Waals surface area contributed by atoms with E-state index in [0.717, 1.165) is 16.6 Å². The Morgan fingerprint density at radius 2 is 2.22 bits per heavy atom. The van der Waals surface area contributed by atoms with Crippen molar-refractivity contribution in [3.63, 3.8) is 0 Å². The van der Waals surface area contributed by atoms with E-state index in [9.17, 15) is 4.79 Å². The van der Waals surface area contributed by atoms with E-state index in [1.165, 1.54) is 0 Å². The van der Waals surface area contributed by atoms with Crippen LogP contribution in [0.3, 0.4) is 0 Å². The standard InChI is InChI=1S/C13H17N3O2/c1-13(2,3)18-12(17)14-7-9-4-5-10-11(6-9)16-8-15-10/h4-6,8H,7H2,1-3H3,(H,14,17)(H,15,16). The van der Waals surface area contributed by atoms with Crippen molar-refractivity contribution in [3.8, 4) is 0 Å². The topological polar surface area (TPSA) is 67.0 Å². The molecule has 1 aromatic carbocycles. The summed E-state index contributed by atoms with van der Waals surface area (Å²) in [5, 5.41) is 2.72. The van der Waals surface area contributed by atoms with Crippen LogP contribution >= 0.6 is 0 Å². The lowest BCUT2D eigenvalue weighted by molar-refractivity contribution is 0.0523. The van der Waals surface area contributed by atoms with Crippen molar-refractivity contribution in [2.75, 3.05) is 0 Å². The van der Waals surface area contributed by atoms with Crippen molar-refractivity contribution < 1.29 is 9.53 Å². The number of alkyl carbamates (subject to hydrolysis) is 1. The van der Waals surface area contributed by atoms with Gasteiger partial charge < -0.3 is 15.0 Å². The second kappa shape index (κ2) is 4.68. The van der Waals surface area contributed by atoms with Crippen LogP contribution in [0.4, 0.5) is 4.79 Å². The highest BCUT2D eigenvalue weighted by atomic mass is 16.6. The summed E-state index contributed by atoms with van der Waals surface area (Å²) in [6.45, 7) is 5.94. The molecular formula is C13H17N3O2. The molecule has 5 nitrogen and oxygen atoms in total. The Kier molecular flexibility index (Phi) is 3.23. The summed E-state index contributed by atoms with van der Waals surface area (Å²) in [5.74, 6) is 0. The average Bonchev–Trinajstić information content (AvgIpc) is 2.71. The molecule has 0 atom stereocenters. The first-order chi connectivity index (χ1) is 8.44. The molecule has 1 heterocycles. The minimum absolute atomic E-state index is 0.410. The summed E-state index contributed by atoms with van der Waals surface area (Å²) in [7, 11) is 0. The van der Waals surface area contributed by atoms with Gasteiger partial charge in [-0.25, -0.2) is 9.78 Å². The molecule has 0 spiro atoms. The Balaban J connectivity index is 1.95. The molecule has 2 aromatic rings. The molecule has 0 fully saturated rings. The zero-order valence-corrected chi connectivity index (χ0v) is 10.8. The molecule has 0 bridgehead atoms. The van der Waals surface area contributed by atoms with Crippen molar-refractivity contribution in [1.29, 1.82) is 0 Å². The van der Waals surface area contributed by atoms with E-state index in [1.807, 2.05) is 39.0 Å². The predicted molar refractivity (Wildman–Crippen MR) is 69.2 cm³/mol. The molecule has 0 aliphatic heterocycles. The van der Waals surface area contributed by atoms with Crippen molar-refractivity contribution in [1.82, 2.24) is 15.3 Å². The first-order valence-corrected chi connectivity index (χ1v) is 5.83. The zero-order valence-electron chi connectivity index (χ0n) is 10.8. The van der Waals surface area contributed by atoms with E-state index in [4.69, 9.17) is 4.74 Å². The first-order valence-electron chi connectivity index (χ1n) is 5.83. The molecule has 2 rings (SSSR count). The smallest absolute Gasteiger partial charge is 0.407 e. The van der Waals surface area contributed by atoms with Gasteiger partial charge in [-0.2, -0.15) is 0 Å². The lowest BCUT2D eigenvalue weighted by Gasteiger charge is -2.19. The third kappa shape index (κ3) is 3.23. The van der Waals surface area contributed by atoms with Crippen LogP contribution in [-0.2, 0) is 11.3 Å². The summed E-state index contributed by atoms with van der Waals surface area (Å²) in [6.07, 6.45) is 1.24. The maximum absolute atomic E-state index is 11.5. The van der Waals surface area contributed by atoms with Crippen LogP contribution in [0.15, 0.2) is 24.5 Å². The van der Waals surface area contributed by atoms with Crippen LogP contribution in [0.5, 0.6) is 0 Å². The number of H-pyrrole nitrogens is 1. The van der Waals surface area contributed by atoms with E-state index in [1.54, 1.807) is 6.33 Å². The Bertz CT molecular complexity index is 555. The molecular weight excluding hydrogens is 230 g/mol. The number of nitrogens with zero attached hydrogens (tertiary/aromatic N) is 1. The van der Waals surface area contributed by atoms with Crippen LogP contribution in [0.25, 0.3) is 11.0 Å². The molecule has 5 heteroatoms. The molecule has 96 valence electrons. The van der Waals surface area contributed by atoms with Crippen LogP contribution < -0.4 is 5.32 Å². The lowest BCUT2D eigenvalue weighted by atomic mass is 10.2. The second-order valence-electron chi connectivity index (χ2n) is 5.11. The molecule has 18 heavy (non-hydrogen) atoms. The monoisotopic (exact) mass is 247 g/mol. The van der Waals surface area contributed by atoms with Gasteiger partial charge in [-0.1, -0.05) is 6.07 Å². The number of aromatic nitrogens is 2. The second-order valence-corrected chi connectivity index (χ2v) is 5.11. The van der Waals surface area contributed by atoms with Gasteiger partial charge in [0.1, 0.15) is 5.60 Å². The number of amides is 1. The number of fused-ring (bicyclic) bond motifs is 1. The van der Waals surface area contributed by atoms with E-state index >= 15 is 0 Å². The van der Waals surface area contributed by atoms with Crippen molar-refractivity contribution in [3.05, 3.63) is 30.1 Å². The maximum atomic E-state index is 11.5. The number of rotatable bonds is 2. The van der Waals surface area contributed by atoms with Gasteiger partial charge in [0.25, 0.3) is 0 Å². The van der Waals surface area contributed by atoms with Crippen molar-refractivity contribution in [2.24, 2.45) is 0 Å². The fourth-order valence-electron chi connectivity index (χ4n) is 1.58. The van der Waals surface area contributed by atoms with Gasteiger partial charge in [0.2, 0.25) is 0 Å². The molecule has 0 aliphatic carbocycles. The highest BCUT2D eigenvalue weighted by molar-refractivity contribution is 5.75. The van der Waals surface area contributed by atoms with Gasteiger partial charge in [-0.05, 0) is 38.5 Å². The molecule has 2 N–H and O–H groups in total. The van der Waals surface area contributed by atoms with Gasteiger partial charge >= 0.3 is 6.09 Å². The van der Waals surface area contributed by atoms with Gasteiger partial charge in [0.05, 0.1) is 17.4 Å². The highest BCUT2D eigenvalue weighted by Gasteiger charge is 2.15. The van der Waals surface area contributed by atoms with E-state index in [0.29, 0.717) is 6.54 Å². The summed E-state index contributed by atoms with van der Waals surface area (Å²) >= 11 is 0. The largest absolute Gasteiger partial charge is 0.444 e. The van der Waals surface area contributed by atoms with Gasteiger partial charge in [-0.3, -0.25) is 0 Å². The summed E-state index contributed by atoms with van der Waals surface area (Å²) < 4.78 is 5.16. The van der Waals surface area contributed by atoms with E-state index in [-0.39, 0.29) is 0 Å². The molecule has 1 amide bonds. The molecule has 0 saturated carbocycles. The highest BCUT2D eigenvalue weighted by Crippen LogP contribution is 2.12. The number of carbonyl (C=O) groups is 1. The third-order valence-electron chi connectivity index (χ3n) is 2.32. The zero-order chi connectivity index (χ0) is 13.2. The Hall–Kier alpha value is -2.04. The number of ether oxygens (including phenoxy) is 1. The molecule has 1 aromatic heterocycles. The minimum Gasteiger partial charge on any atom is -0.444 e. The first kappa shape index (κ1) is 12.4. The Morgan fingerprint density at radius 1 is 1.44 bits per heavy atom. The number of hydrogen-bond donors (Lipinski definition) is 2. The number of benzene rings is 1. The number of nitrogens with one attached hydrogen (secondary N) is 2. The summed E-state index contributed by atoms with van der Waals surface area (Å²) in [5.41, 5.74) is 2.39. The normalized spacial score (nSPS) is 11.5. The van der Waals surface area contributed by atoms with Crippen LogP contribution in [0, 0.1) is 0 Å². The van der Waals surface area contributed by atoms with Gasteiger partial charge in [0.15, 0.2) is 0 Å².